The summed E-state index contributed by atoms with van der Waals surface area (Å²) in [7, 11) is 0. The van der Waals surface area contributed by atoms with Crippen LogP contribution in [-0.4, -0.2) is 30.8 Å². The van der Waals surface area contributed by atoms with E-state index in [9.17, 15) is 18.4 Å². The summed E-state index contributed by atoms with van der Waals surface area (Å²) in [6.45, 7) is 2.06. The predicted octanol–water partition coefficient (Wildman–Crippen LogP) is 3.48. The lowest BCUT2D eigenvalue weighted by molar-refractivity contribution is -0.118. The van der Waals surface area contributed by atoms with Gasteiger partial charge in [-0.2, -0.15) is 0 Å². The van der Waals surface area contributed by atoms with Crippen molar-refractivity contribution in [1.82, 2.24) is 5.32 Å². The average Bonchev–Trinajstić information content (AvgIpc) is 2.66. The Morgan fingerprint density at radius 3 is 2.79 bits per heavy atom. The van der Waals surface area contributed by atoms with Crippen molar-refractivity contribution in [2.24, 2.45) is 0 Å². The van der Waals surface area contributed by atoms with Gasteiger partial charge >= 0.3 is 0 Å². The molecule has 0 spiro atoms. The Labute approximate surface area is 165 Å². The Morgan fingerprint density at radius 2 is 2.04 bits per heavy atom. The number of Topliss-reactive ketones (excluding diaryl/α,β-unsaturated/α-hetero) is 1. The molecule has 8 heteroatoms. The van der Waals surface area contributed by atoms with E-state index in [1.165, 1.54) is 37.3 Å². The highest BCUT2D eigenvalue weighted by atomic mass is 32.2. The lowest BCUT2D eigenvalue weighted by Crippen LogP contribution is -2.27. The monoisotopic (exact) mass is 407 g/mol. The molecule has 0 fully saturated rings. The molecule has 1 N–H and O–H groups in total. The van der Waals surface area contributed by atoms with Gasteiger partial charge in [0.15, 0.2) is 12.6 Å². The Hall–Kier alpha value is -2.45. The van der Waals surface area contributed by atoms with Gasteiger partial charge in [-0.1, -0.05) is 6.07 Å². The third-order valence-corrected chi connectivity index (χ3v) is 5.21. The molecule has 5 nitrogen and oxygen atoms in total. The molecular formula is C20H19F2NO4S. The Kier molecular flexibility index (Phi) is 6.64. The first kappa shape index (κ1) is 20.3. The number of amides is 1. The van der Waals surface area contributed by atoms with Crippen molar-refractivity contribution in [1.29, 1.82) is 0 Å². The summed E-state index contributed by atoms with van der Waals surface area (Å²) >= 11 is 1.05. The molecule has 0 unspecified atom stereocenters. The van der Waals surface area contributed by atoms with Gasteiger partial charge in [-0.05, 0) is 43.2 Å². The molecule has 0 saturated heterocycles. The van der Waals surface area contributed by atoms with Crippen molar-refractivity contribution < 1.29 is 27.8 Å². The number of hydrogen-bond donors (Lipinski definition) is 1. The highest BCUT2D eigenvalue weighted by Gasteiger charge is 2.17. The van der Waals surface area contributed by atoms with Crippen LogP contribution in [0.15, 0.2) is 35.2 Å². The summed E-state index contributed by atoms with van der Waals surface area (Å²) in [4.78, 5) is 23.6. The number of halogens is 2. The molecule has 1 aliphatic rings. The quantitative estimate of drug-likeness (QED) is 0.562. The van der Waals surface area contributed by atoms with Gasteiger partial charge in [0.05, 0.1) is 12.4 Å². The molecule has 3 rings (SSSR count). The maximum Gasteiger partial charge on any atom is 0.230 e. The van der Waals surface area contributed by atoms with Gasteiger partial charge in [0.1, 0.15) is 17.4 Å². The SMILES string of the molecule is CC(=O)c1ccc(SCC(=O)NCCc2cc(F)cc3c2OCOC3)c(F)c1. The summed E-state index contributed by atoms with van der Waals surface area (Å²) in [6, 6.07) is 6.94. The van der Waals surface area contributed by atoms with E-state index in [2.05, 4.69) is 5.32 Å². The van der Waals surface area contributed by atoms with Gasteiger partial charge in [-0.15, -0.1) is 11.8 Å². The smallest absolute Gasteiger partial charge is 0.230 e. The molecule has 1 amide bonds. The number of carbonyl (C=O) groups is 2. The van der Waals surface area contributed by atoms with Crippen molar-refractivity contribution in [2.45, 2.75) is 24.8 Å². The summed E-state index contributed by atoms with van der Waals surface area (Å²) in [5.74, 6) is -0.769. The molecule has 0 aliphatic carbocycles. The second-order valence-corrected chi connectivity index (χ2v) is 7.27. The van der Waals surface area contributed by atoms with Gasteiger partial charge in [0, 0.05) is 22.6 Å². The van der Waals surface area contributed by atoms with Gasteiger partial charge in [0.25, 0.3) is 0 Å². The zero-order valence-electron chi connectivity index (χ0n) is 15.2. The number of ether oxygens (including phenoxy) is 2. The van der Waals surface area contributed by atoms with Crippen molar-refractivity contribution in [3.8, 4) is 5.75 Å². The van der Waals surface area contributed by atoms with E-state index < -0.39 is 5.82 Å². The van der Waals surface area contributed by atoms with Crippen LogP contribution in [0.1, 0.15) is 28.4 Å². The fourth-order valence-corrected chi connectivity index (χ4v) is 3.56. The molecule has 0 bridgehead atoms. The van der Waals surface area contributed by atoms with Crippen molar-refractivity contribution in [3.63, 3.8) is 0 Å². The predicted molar refractivity (Wildman–Crippen MR) is 101 cm³/mol. The topological polar surface area (TPSA) is 64.6 Å². The zero-order valence-corrected chi connectivity index (χ0v) is 16.0. The summed E-state index contributed by atoms with van der Waals surface area (Å²) < 4.78 is 38.3. The van der Waals surface area contributed by atoms with Crippen LogP contribution >= 0.6 is 11.8 Å². The van der Waals surface area contributed by atoms with E-state index in [0.29, 0.717) is 34.7 Å². The Balaban J connectivity index is 1.50. The summed E-state index contributed by atoms with van der Waals surface area (Å²) in [5, 5.41) is 2.73. The molecule has 2 aromatic carbocycles. The van der Waals surface area contributed by atoms with E-state index in [0.717, 1.165) is 11.8 Å². The van der Waals surface area contributed by atoms with Crippen LogP contribution in [0.2, 0.25) is 0 Å². The minimum Gasteiger partial charge on any atom is -0.467 e. The number of nitrogens with one attached hydrogen (secondary N) is 1. The van der Waals surface area contributed by atoms with E-state index in [-0.39, 0.29) is 42.2 Å². The van der Waals surface area contributed by atoms with Crippen LogP contribution in [0.5, 0.6) is 5.75 Å². The molecule has 2 aromatic rings. The first-order chi connectivity index (χ1) is 13.4. The van der Waals surface area contributed by atoms with E-state index in [1.54, 1.807) is 0 Å². The first-order valence-electron chi connectivity index (χ1n) is 8.66. The van der Waals surface area contributed by atoms with Crippen molar-refractivity contribution in [3.05, 3.63) is 58.7 Å². The molecular weight excluding hydrogens is 388 g/mol. The number of thioether (sulfide) groups is 1. The van der Waals surface area contributed by atoms with Crippen molar-refractivity contribution >= 4 is 23.5 Å². The van der Waals surface area contributed by atoms with Crippen molar-refractivity contribution in [2.75, 3.05) is 19.1 Å². The lowest BCUT2D eigenvalue weighted by Gasteiger charge is -2.21. The van der Waals surface area contributed by atoms with Gasteiger partial charge in [-0.3, -0.25) is 9.59 Å². The van der Waals surface area contributed by atoms with Gasteiger partial charge < -0.3 is 14.8 Å². The summed E-state index contributed by atoms with van der Waals surface area (Å²) in [5.41, 5.74) is 1.60. The Morgan fingerprint density at radius 1 is 1.21 bits per heavy atom. The second-order valence-electron chi connectivity index (χ2n) is 6.25. The maximum atomic E-state index is 14.0. The lowest BCUT2D eigenvalue weighted by atomic mass is 10.1. The molecule has 28 heavy (non-hydrogen) atoms. The minimum absolute atomic E-state index is 0.0297. The molecule has 0 radical (unpaired) electrons. The highest BCUT2D eigenvalue weighted by molar-refractivity contribution is 8.00. The zero-order chi connectivity index (χ0) is 20.1. The largest absolute Gasteiger partial charge is 0.467 e. The van der Waals surface area contributed by atoms with Crippen LogP contribution in [0, 0.1) is 11.6 Å². The van der Waals surface area contributed by atoms with E-state index >= 15 is 0 Å². The molecule has 1 heterocycles. The number of rotatable bonds is 7. The number of fused-ring (bicyclic) bond motifs is 1. The molecule has 0 atom stereocenters. The molecule has 0 saturated carbocycles. The van der Waals surface area contributed by atoms with Crippen LogP contribution in [-0.2, 0) is 22.6 Å². The maximum absolute atomic E-state index is 14.0. The second kappa shape index (κ2) is 9.16. The third kappa shape index (κ3) is 5.08. The number of carbonyl (C=O) groups excluding carboxylic acids is 2. The Bertz CT molecular complexity index is 904. The van der Waals surface area contributed by atoms with E-state index in [4.69, 9.17) is 9.47 Å². The fourth-order valence-electron chi connectivity index (χ4n) is 2.81. The van der Waals surface area contributed by atoms with Crippen LogP contribution in [0.4, 0.5) is 8.78 Å². The number of benzene rings is 2. The van der Waals surface area contributed by atoms with Crippen LogP contribution in [0.3, 0.4) is 0 Å². The third-order valence-electron chi connectivity index (χ3n) is 4.17. The van der Waals surface area contributed by atoms with Crippen LogP contribution < -0.4 is 10.1 Å². The first-order valence-corrected chi connectivity index (χ1v) is 9.64. The van der Waals surface area contributed by atoms with Gasteiger partial charge in [0.2, 0.25) is 5.91 Å². The normalized spacial score (nSPS) is 12.8. The summed E-state index contributed by atoms with van der Waals surface area (Å²) in [6.07, 6.45) is 0.401. The highest BCUT2D eigenvalue weighted by Crippen LogP contribution is 2.29. The molecule has 1 aliphatic heterocycles. The molecule has 148 valence electrons. The number of hydrogen-bond acceptors (Lipinski definition) is 5. The standard InChI is InChI=1S/C20H19F2NO4S/c1-12(24)13-2-3-18(17(22)8-13)28-10-19(25)23-5-4-14-6-16(21)7-15-9-26-11-27-20(14)15/h2-3,6-8H,4-5,9-11H2,1H3,(H,23,25). The van der Waals surface area contributed by atoms with Gasteiger partial charge in [-0.25, -0.2) is 8.78 Å². The average molecular weight is 407 g/mol. The minimum atomic E-state index is -0.531. The molecule has 0 aromatic heterocycles. The van der Waals surface area contributed by atoms with E-state index in [1.807, 2.05) is 0 Å². The number of ketones is 1. The fraction of sp³-hybridized carbons (Fsp3) is 0.300. The van der Waals surface area contributed by atoms with Crippen LogP contribution in [0.25, 0.3) is 0 Å².